The van der Waals surface area contributed by atoms with Crippen molar-refractivity contribution in [3.8, 4) is 0 Å². The van der Waals surface area contributed by atoms with Crippen molar-refractivity contribution >= 4 is 11.9 Å². The first-order valence-corrected chi connectivity index (χ1v) is 11.8. The molecule has 2 rings (SSSR count). The molecule has 32 heavy (non-hydrogen) atoms. The van der Waals surface area contributed by atoms with E-state index in [2.05, 4.69) is 17.7 Å². The van der Waals surface area contributed by atoms with Gasteiger partial charge in [-0.05, 0) is 36.7 Å². The van der Waals surface area contributed by atoms with Gasteiger partial charge in [0.25, 0.3) is 0 Å². The summed E-state index contributed by atoms with van der Waals surface area (Å²) < 4.78 is 16.1. The zero-order valence-corrected chi connectivity index (χ0v) is 20.0. The van der Waals surface area contributed by atoms with Crippen molar-refractivity contribution in [2.24, 2.45) is 23.7 Å². The van der Waals surface area contributed by atoms with E-state index in [0.717, 1.165) is 12.0 Å². The fourth-order valence-electron chi connectivity index (χ4n) is 4.79. The number of fused-ring (bicyclic) bond motifs is 1. The molecule has 2 N–H and O–H groups in total. The summed E-state index contributed by atoms with van der Waals surface area (Å²) in [6, 6.07) is 0. The van der Waals surface area contributed by atoms with Gasteiger partial charge in [0, 0.05) is 25.9 Å². The Morgan fingerprint density at radius 1 is 1.28 bits per heavy atom. The Hall–Kier alpha value is -1.70. The molecule has 0 heterocycles. The van der Waals surface area contributed by atoms with Gasteiger partial charge in [0.15, 0.2) is 0 Å². The minimum Gasteiger partial charge on any atom is -0.469 e. The number of esters is 2. The number of hydrogen-bond donors (Lipinski definition) is 2. The number of rotatable bonds is 11. The van der Waals surface area contributed by atoms with Crippen LogP contribution in [0.2, 0.25) is 0 Å². The van der Waals surface area contributed by atoms with Crippen LogP contribution in [0.1, 0.15) is 59.3 Å². The Balaban J connectivity index is 2.10. The second-order valence-corrected chi connectivity index (χ2v) is 9.27. The van der Waals surface area contributed by atoms with E-state index in [4.69, 9.17) is 9.47 Å². The lowest BCUT2D eigenvalue weighted by atomic mass is 9.66. The fourth-order valence-corrected chi connectivity index (χ4v) is 4.79. The lowest BCUT2D eigenvalue weighted by Gasteiger charge is -2.43. The molecule has 0 spiro atoms. The van der Waals surface area contributed by atoms with Gasteiger partial charge >= 0.3 is 11.9 Å². The molecule has 0 aliphatic heterocycles. The van der Waals surface area contributed by atoms with Crippen molar-refractivity contribution in [1.82, 2.24) is 0 Å². The number of hydrogen-bond acceptors (Lipinski definition) is 7. The quantitative estimate of drug-likeness (QED) is 0.464. The summed E-state index contributed by atoms with van der Waals surface area (Å²) in [5.74, 6) is -0.333. The van der Waals surface area contributed by atoms with Gasteiger partial charge in [0.1, 0.15) is 6.10 Å². The molecular weight excluding hydrogens is 412 g/mol. The molecule has 0 amide bonds. The van der Waals surface area contributed by atoms with Crippen LogP contribution >= 0.6 is 0 Å². The van der Waals surface area contributed by atoms with Crippen molar-refractivity contribution in [2.75, 3.05) is 14.2 Å². The van der Waals surface area contributed by atoms with Gasteiger partial charge in [-0.25, -0.2) is 0 Å². The highest BCUT2D eigenvalue weighted by Gasteiger charge is 2.42. The van der Waals surface area contributed by atoms with Crippen LogP contribution in [0.25, 0.3) is 0 Å². The second-order valence-electron chi connectivity index (χ2n) is 9.27. The van der Waals surface area contributed by atoms with Crippen LogP contribution in [0.15, 0.2) is 23.8 Å². The van der Waals surface area contributed by atoms with Crippen molar-refractivity contribution < 1.29 is 34.0 Å². The van der Waals surface area contributed by atoms with Crippen LogP contribution in [0, 0.1) is 23.7 Å². The molecule has 7 nitrogen and oxygen atoms in total. The van der Waals surface area contributed by atoms with Crippen LogP contribution in [-0.2, 0) is 23.8 Å². The average Bonchev–Trinajstić information content (AvgIpc) is 2.76. The average molecular weight is 453 g/mol. The number of aliphatic hydroxyl groups excluding tert-OH is 2. The molecule has 0 aromatic heterocycles. The van der Waals surface area contributed by atoms with E-state index in [0.29, 0.717) is 25.7 Å². The summed E-state index contributed by atoms with van der Waals surface area (Å²) in [5.41, 5.74) is 1.02. The topological polar surface area (TPSA) is 102 Å². The van der Waals surface area contributed by atoms with E-state index in [1.807, 2.05) is 26.0 Å². The van der Waals surface area contributed by atoms with Crippen molar-refractivity contribution in [2.45, 2.75) is 83.7 Å². The van der Waals surface area contributed by atoms with Crippen LogP contribution in [0.3, 0.4) is 0 Å². The highest BCUT2D eigenvalue weighted by Crippen LogP contribution is 2.44. The van der Waals surface area contributed by atoms with Gasteiger partial charge in [0.2, 0.25) is 0 Å². The van der Waals surface area contributed by atoms with Gasteiger partial charge in [0.05, 0.1) is 37.8 Å². The fraction of sp³-hybridized carbons (Fsp3) is 0.760. The van der Waals surface area contributed by atoms with Crippen molar-refractivity contribution in [3.05, 3.63) is 23.8 Å². The number of carbonyl (C=O) groups excluding carboxylic acids is 2. The van der Waals surface area contributed by atoms with E-state index in [9.17, 15) is 19.8 Å². The molecule has 2 aliphatic carbocycles. The standard InChI is InChI=1S/C25H40O7/c1-6-15(2)25(29)32-22-13-18(26)11-17-8-7-16(3)21(24(17)22)10-9-20(30-4)12-19(27)14-23(28)31-5/h7-8,11,15-16,18-22,24,26-27H,6,9-10,12-14H2,1-5H3/t15-,16-,18+,19+,20+,21-,22-,24-/m0/s1. The highest BCUT2D eigenvalue weighted by atomic mass is 16.5. The largest absolute Gasteiger partial charge is 0.469 e. The second kappa shape index (κ2) is 12.5. The molecule has 0 saturated carbocycles. The molecular formula is C25H40O7. The minimum atomic E-state index is -0.819. The normalized spacial score (nSPS) is 30.0. The first kappa shape index (κ1) is 26.6. The predicted molar refractivity (Wildman–Crippen MR) is 121 cm³/mol. The third kappa shape index (κ3) is 7.15. The van der Waals surface area contributed by atoms with E-state index in [-0.39, 0.29) is 48.3 Å². The molecule has 0 aromatic rings. The van der Waals surface area contributed by atoms with Crippen molar-refractivity contribution in [3.63, 3.8) is 0 Å². The molecule has 8 atom stereocenters. The maximum absolute atomic E-state index is 12.5. The summed E-state index contributed by atoms with van der Waals surface area (Å²) in [5, 5.41) is 20.5. The molecule has 182 valence electrons. The third-order valence-electron chi connectivity index (χ3n) is 6.98. The Bertz CT molecular complexity index is 686. The van der Waals surface area contributed by atoms with Gasteiger partial charge < -0.3 is 24.4 Å². The first-order valence-electron chi connectivity index (χ1n) is 11.8. The van der Waals surface area contributed by atoms with Gasteiger partial charge in [-0.1, -0.05) is 39.0 Å². The maximum Gasteiger partial charge on any atom is 0.308 e. The number of allylic oxidation sites excluding steroid dienone is 2. The SMILES string of the molecule is CC[C@H](C)C(=O)O[C@H]1C[C@H](O)C=C2C=C[C@H](C)[C@H](CC[C@H](C[C@@H](O)CC(=O)OC)OC)[C@H]21. The lowest BCUT2D eigenvalue weighted by Crippen LogP contribution is -2.43. The molecule has 2 aliphatic rings. The molecule has 0 unspecified atom stereocenters. The molecule has 0 fully saturated rings. The van der Waals surface area contributed by atoms with Crippen LogP contribution in [0.5, 0.6) is 0 Å². The maximum atomic E-state index is 12.5. The van der Waals surface area contributed by atoms with E-state index >= 15 is 0 Å². The summed E-state index contributed by atoms with van der Waals surface area (Å²) in [6.45, 7) is 5.98. The Morgan fingerprint density at radius 2 is 2.00 bits per heavy atom. The zero-order chi connectivity index (χ0) is 23.8. The van der Waals surface area contributed by atoms with Gasteiger partial charge in [-0.15, -0.1) is 0 Å². The molecule has 0 radical (unpaired) electrons. The predicted octanol–water partition coefficient (Wildman–Crippen LogP) is 3.18. The summed E-state index contributed by atoms with van der Waals surface area (Å²) >= 11 is 0. The number of aliphatic hydroxyl groups is 2. The summed E-state index contributed by atoms with van der Waals surface area (Å²) in [7, 11) is 2.91. The Labute approximate surface area is 191 Å². The Morgan fingerprint density at radius 3 is 2.62 bits per heavy atom. The van der Waals surface area contributed by atoms with Crippen molar-refractivity contribution in [1.29, 1.82) is 0 Å². The minimum absolute atomic E-state index is 0.0175. The first-order chi connectivity index (χ1) is 15.2. The monoisotopic (exact) mass is 452 g/mol. The van der Waals surface area contributed by atoms with Crippen LogP contribution in [0.4, 0.5) is 0 Å². The van der Waals surface area contributed by atoms with Gasteiger partial charge in [-0.2, -0.15) is 0 Å². The molecule has 0 bridgehead atoms. The Kier molecular flexibility index (Phi) is 10.4. The van der Waals surface area contributed by atoms with Crippen LogP contribution in [-0.4, -0.2) is 60.8 Å². The summed E-state index contributed by atoms with van der Waals surface area (Å²) in [4.78, 5) is 24.0. The third-order valence-corrected chi connectivity index (χ3v) is 6.98. The van der Waals surface area contributed by atoms with Gasteiger partial charge in [-0.3, -0.25) is 9.59 Å². The van der Waals surface area contributed by atoms with E-state index in [1.165, 1.54) is 7.11 Å². The van der Waals surface area contributed by atoms with Crippen LogP contribution < -0.4 is 0 Å². The zero-order valence-electron chi connectivity index (χ0n) is 20.0. The summed E-state index contributed by atoms with van der Waals surface area (Å²) in [6.07, 6.45) is 6.98. The smallest absolute Gasteiger partial charge is 0.308 e. The highest BCUT2D eigenvalue weighted by molar-refractivity contribution is 5.72. The number of ether oxygens (including phenoxy) is 3. The van der Waals surface area contributed by atoms with E-state index < -0.39 is 18.2 Å². The molecule has 0 aromatic carbocycles. The lowest BCUT2D eigenvalue weighted by molar-refractivity contribution is -0.159. The van der Waals surface area contributed by atoms with E-state index in [1.54, 1.807) is 7.11 Å². The molecule has 7 heteroatoms. The molecule has 0 saturated heterocycles. The number of methoxy groups -OCH3 is 2. The number of carbonyl (C=O) groups is 2.